The molecule has 16 heavy (non-hydrogen) atoms. The van der Waals surface area contributed by atoms with Gasteiger partial charge in [-0.05, 0) is 42.9 Å². The molecular weight excluding hydrogens is 200 g/mol. The van der Waals surface area contributed by atoms with Gasteiger partial charge in [0.05, 0.1) is 13.0 Å². The molecule has 3 atom stereocenters. The summed E-state index contributed by atoms with van der Waals surface area (Å²) in [6.07, 6.45) is 3.38. The monoisotopic (exact) mass is 225 g/mol. The van der Waals surface area contributed by atoms with Crippen molar-refractivity contribution >= 4 is 5.97 Å². The van der Waals surface area contributed by atoms with Gasteiger partial charge >= 0.3 is 5.97 Å². The molecule has 0 spiro atoms. The molecule has 2 heteroatoms. The van der Waals surface area contributed by atoms with Crippen LogP contribution in [0.15, 0.2) is 0 Å². The summed E-state index contributed by atoms with van der Waals surface area (Å²) in [5.74, 6) is 3.29. The van der Waals surface area contributed by atoms with Crippen molar-refractivity contribution in [3.05, 3.63) is 5.92 Å². The molecular formula is C14H25O2. The molecule has 0 aromatic rings. The predicted molar refractivity (Wildman–Crippen MR) is 65.8 cm³/mol. The quantitative estimate of drug-likeness (QED) is 0.687. The summed E-state index contributed by atoms with van der Waals surface area (Å²) < 4.78 is 4.89. The Labute approximate surface area is 99.8 Å². The molecule has 0 N–H and O–H groups in total. The van der Waals surface area contributed by atoms with Gasteiger partial charge in [-0.1, -0.05) is 27.7 Å². The normalized spacial score (nSPS) is 31.8. The van der Waals surface area contributed by atoms with E-state index < -0.39 is 0 Å². The number of ether oxygens (including phenoxy) is 1. The van der Waals surface area contributed by atoms with E-state index in [9.17, 15) is 4.79 Å². The average Bonchev–Trinajstić information content (AvgIpc) is 2.21. The zero-order valence-corrected chi connectivity index (χ0v) is 11.2. The third-order valence-electron chi connectivity index (χ3n) is 3.75. The molecule has 0 heterocycles. The molecule has 1 fully saturated rings. The molecule has 2 nitrogen and oxygen atoms in total. The highest BCUT2D eigenvalue weighted by Crippen LogP contribution is 2.42. The highest BCUT2D eigenvalue weighted by Gasteiger charge is 2.38. The Kier molecular flexibility index (Phi) is 4.82. The van der Waals surface area contributed by atoms with Crippen LogP contribution in [0.1, 0.15) is 47.0 Å². The first-order valence-electron chi connectivity index (χ1n) is 6.39. The molecule has 0 aromatic heterocycles. The topological polar surface area (TPSA) is 26.3 Å². The number of hydrogen-bond acceptors (Lipinski definition) is 2. The minimum atomic E-state index is -0.0900. The molecule has 1 radical (unpaired) electrons. The second-order valence-electron chi connectivity index (χ2n) is 5.74. The Bertz CT molecular complexity index is 233. The fourth-order valence-corrected chi connectivity index (χ4v) is 2.96. The maximum absolute atomic E-state index is 11.7. The lowest BCUT2D eigenvalue weighted by Gasteiger charge is -2.38. The Morgan fingerprint density at radius 1 is 1.44 bits per heavy atom. The van der Waals surface area contributed by atoms with Gasteiger partial charge in [0.25, 0.3) is 0 Å². The smallest absolute Gasteiger partial charge is 0.313 e. The molecule has 93 valence electrons. The van der Waals surface area contributed by atoms with Crippen LogP contribution in [0.3, 0.4) is 0 Å². The van der Waals surface area contributed by atoms with Gasteiger partial charge in [-0.15, -0.1) is 0 Å². The van der Waals surface area contributed by atoms with E-state index in [-0.39, 0.29) is 5.97 Å². The van der Waals surface area contributed by atoms with Gasteiger partial charge < -0.3 is 4.74 Å². The standard InChI is InChI=1S/C14H25O2/c1-9(2)6-12-7-10(3)8-13(11(12)4)14(15)16-5/h9-12H,6-8H2,1-5H3. The van der Waals surface area contributed by atoms with Gasteiger partial charge in [0, 0.05) is 0 Å². The SMILES string of the molecule is COC(=O)[C]1CC(C)CC(CC(C)C)C1C. The Morgan fingerprint density at radius 3 is 2.56 bits per heavy atom. The lowest BCUT2D eigenvalue weighted by atomic mass is 9.67. The minimum Gasteiger partial charge on any atom is -0.469 e. The molecule has 0 aromatic carbocycles. The van der Waals surface area contributed by atoms with Gasteiger partial charge in [-0.25, -0.2) is 0 Å². The van der Waals surface area contributed by atoms with E-state index in [1.54, 1.807) is 0 Å². The average molecular weight is 225 g/mol. The Morgan fingerprint density at radius 2 is 2.06 bits per heavy atom. The number of carbonyl (C=O) groups excluding carboxylic acids is 1. The van der Waals surface area contributed by atoms with Crippen LogP contribution in [0.2, 0.25) is 0 Å². The summed E-state index contributed by atoms with van der Waals surface area (Å²) in [4.78, 5) is 11.7. The molecule has 3 unspecified atom stereocenters. The van der Waals surface area contributed by atoms with Crippen molar-refractivity contribution in [3.8, 4) is 0 Å². The van der Waals surface area contributed by atoms with Crippen molar-refractivity contribution in [2.45, 2.75) is 47.0 Å². The lowest BCUT2D eigenvalue weighted by molar-refractivity contribution is -0.140. The van der Waals surface area contributed by atoms with Crippen LogP contribution in [0, 0.1) is 29.6 Å². The number of rotatable bonds is 3. The first-order valence-corrected chi connectivity index (χ1v) is 6.39. The van der Waals surface area contributed by atoms with Gasteiger partial charge in [-0.2, -0.15) is 0 Å². The van der Waals surface area contributed by atoms with Crippen LogP contribution < -0.4 is 0 Å². The van der Waals surface area contributed by atoms with Crippen molar-refractivity contribution in [2.24, 2.45) is 23.7 Å². The van der Waals surface area contributed by atoms with E-state index in [1.807, 2.05) is 0 Å². The van der Waals surface area contributed by atoms with Crippen LogP contribution >= 0.6 is 0 Å². The van der Waals surface area contributed by atoms with Gasteiger partial charge in [0.15, 0.2) is 0 Å². The van der Waals surface area contributed by atoms with Gasteiger partial charge in [-0.3, -0.25) is 4.79 Å². The Hall–Kier alpha value is -0.530. The van der Waals surface area contributed by atoms with E-state index in [0.717, 1.165) is 12.3 Å². The zero-order chi connectivity index (χ0) is 12.3. The number of hydrogen-bond donors (Lipinski definition) is 0. The first-order chi connectivity index (χ1) is 7.45. The summed E-state index contributed by atoms with van der Waals surface area (Å²) in [7, 11) is 1.48. The molecule has 1 aliphatic carbocycles. The third kappa shape index (κ3) is 3.23. The van der Waals surface area contributed by atoms with Gasteiger partial charge in [0.2, 0.25) is 0 Å². The largest absolute Gasteiger partial charge is 0.469 e. The highest BCUT2D eigenvalue weighted by atomic mass is 16.5. The molecule has 0 saturated heterocycles. The van der Waals surface area contributed by atoms with Crippen LogP contribution in [0.5, 0.6) is 0 Å². The van der Waals surface area contributed by atoms with E-state index >= 15 is 0 Å². The fourth-order valence-electron chi connectivity index (χ4n) is 2.96. The lowest BCUT2D eigenvalue weighted by Crippen LogP contribution is -2.34. The minimum absolute atomic E-state index is 0.0900. The van der Waals surface area contributed by atoms with Crippen molar-refractivity contribution < 1.29 is 9.53 Å². The molecule has 0 aliphatic heterocycles. The molecule has 0 bridgehead atoms. The summed E-state index contributed by atoms with van der Waals surface area (Å²) >= 11 is 0. The molecule has 0 amide bonds. The first kappa shape index (κ1) is 13.5. The van der Waals surface area contributed by atoms with Crippen LogP contribution in [0.4, 0.5) is 0 Å². The maximum atomic E-state index is 11.7. The van der Waals surface area contributed by atoms with Crippen molar-refractivity contribution in [1.82, 2.24) is 0 Å². The second-order valence-corrected chi connectivity index (χ2v) is 5.74. The summed E-state index contributed by atoms with van der Waals surface area (Å²) in [6, 6.07) is 0. The summed E-state index contributed by atoms with van der Waals surface area (Å²) in [5, 5.41) is 0. The fraction of sp³-hybridized carbons (Fsp3) is 0.857. The summed E-state index contributed by atoms with van der Waals surface area (Å²) in [6.45, 7) is 8.93. The van der Waals surface area contributed by atoms with E-state index in [2.05, 4.69) is 27.7 Å². The molecule has 1 aliphatic rings. The number of carbonyl (C=O) groups is 1. The molecule has 1 saturated carbocycles. The molecule has 1 rings (SSSR count). The zero-order valence-electron chi connectivity index (χ0n) is 11.2. The highest BCUT2D eigenvalue weighted by molar-refractivity contribution is 5.85. The van der Waals surface area contributed by atoms with Crippen LogP contribution in [0.25, 0.3) is 0 Å². The number of methoxy groups -OCH3 is 1. The third-order valence-corrected chi connectivity index (χ3v) is 3.75. The van der Waals surface area contributed by atoms with Crippen LogP contribution in [-0.2, 0) is 9.53 Å². The predicted octanol–water partition coefficient (Wildman–Crippen LogP) is 3.46. The van der Waals surface area contributed by atoms with Gasteiger partial charge in [0.1, 0.15) is 0 Å². The van der Waals surface area contributed by atoms with Crippen molar-refractivity contribution in [3.63, 3.8) is 0 Å². The Balaban J connectivity index is 2.69. The van der Waals surface area contributed by atoms with Crippen LogP contribution in [-0.4, -0.2) is 13.1 Å². The van der Waals surface area contributed by atoms with E-state index in [1.165, 1.54) is 20.0 Å². The number of esters is 1. The second kappa shape index (κ2) is 5.70. The van der Waals surface area contributed by atoms with Crippen molar-refractivity contribution in [2.75, 3.05) is 7.11 Å². The summed E-state index contributed by atoms with van der Waals surface area (Å²) in [5.41, 5.74) is 0. The van der Waals surface area contributed by atoms with E-state index in [4.69, 9.17) is 4.74 Å². The van der Waals surface area contributed by atoms with Crippen molar-refractivity contribution in [1.29, 1.82) is 0 Å². The maximum Gasteiger partial charge on any atom is 0.313 e. The van der Waals surface area contributed by atoms with E-state index in [0.29, 0.717) is 23.7 Å².